The third-order valence-electron chi connectivity index (χ3n) is 2.65. The topological polar surface area (TPSA) is 52.3 Å². The summed E-state index contributed by atoms with van der Waals surface area (Å²) in [5.74, 6) is -0.547. The highest BCUT2D eigenvalue weighted by molar-refractivity contribution is 6.31. The minimum atomic E-state index is -0.556. The van der Waals surface area contributed by atoms with Gasteiger partial charge in [0.2, 0.25) is 0 Å². The van der Waals surface area contributed by atoms with Crippen LogP contribution in [0.15, 0.2) is 18.2 Å². The second-order valence-corrected chi connectivity index (χ2v) is 4.53. The quantitative estimate of drug-likeness (QED) is 0.776. The van der Waals surface area contributed by atoms with Crippen LogP contribution in [0.1, 0.15) is 18.4 Å². The molecule has 1 aromatic carbocycles. The van der Waals surface area contributed by atoms with Gasteiger partial charge in [-0.2, -0.15) is 0 Å². The molecule has 0 radical (unpaired) electrons. The van der Waals surface area contributed by atoms with E-state index < -0.39 is 11.9 Å². The van der Waals surface area contributed by atoms with Gasteiger partial charge < -0.3 is 10.5 Å². The van der Waals surface area contributed by atoms with E-state index in [1.165, 1.54) is 18.2 Å². The molecule has 0 amide bonds. The first-order valence-corrected chi connectivity index (χ1v) is 6.13. The Morgan fingerprint density at radius 3 is 2.94 bits per heavy atom. The van der Waals surface area contributed by atoms with Gasteiger partial charge in [-0.25, -0.2) is 4.39 Å². The number of halogens is 2. The number of carbonyl (C=O) groups is 1. The number of ketones is 1. The fourth-order valence-electron chi connectivity index (χ4n) is 1.61. The average Bonchev–Trinajstić information content (AvgIpc) is 2.34. The van der Waals surface area contributed by atoms with Crippen LogP contribution in [0.3, 0.4) is 0 Å². The predicted octanol–water partition coefficient (Wildman–Crippen LogP) is 2.34. The van der Waals surface area contributed by atoms with Crippen LogP contribution in [0.25, 0.3) is 0 Å². The zero-order valence-electron chi connectivity index (χ0n) is 10.3. The molecule has 2 N–H and O–H groups in total. The van der Waals surface area contributed by atoms with Crippen LogP contribution in [0.4, 0.5) is 4.39 Å². The van der Waals surface area contributed by atoms with Gasteiger partial charge in [-0.15, -0.1) is 0 Å². The molecule has 0 heterocycles. The van der Waals surface area contributed by atoms with Crippen LogP contribution >= 0.6 is 11.6 Å². The molecular formula is C13H17ClFNO2. The number of Topliss-reactive ketones (excluding diaryl/α,β-unsaturated/α-hetero) is 1. The van der Waals surface area contributed by atoms with Gasteiger partial charge in [0.05, 0.1) is 6.04 Å². The highest BCUT2D eigenvalue weighted by atomic mass is 35.5. The molecule has 0 bridgehead atoms. The van der Waals surface area contributed by atoms with Crippen molar-refractivity contribution in [3.63, 3.8) is 0 Å². The third kappa shape index (κ3) is 4.72. The molecule has 0 saturated carbocycles. The van der Waals surface area contributed by atoms with Gasteiger partial charge in [0.1, 0.15) is 5.82 Å². The van der Waals surface area contributed by atoms with E-state index in [-0.39, 0.29) is 12.2 Å². The molecule has 3 nitrogen and oxygen atoms in total. The molecule has 0 aromatic heterocycles. The van der Waals surface area contributed by atoms with E-state index in [1.807, 2.05) is 0 Å². The summed E-state index contributed by atoms with van der Waals surface area (Å²) in [7, 11) is 1.60. The maximum Gasteiger partial charge on any atom is 0.153 e. The van der Waals surface area contributed by atoms with Crippen molar-refractivity contribution in [2.45, 2.75) is 25.3 Å². The molecule has 1 unspecified atom stereocenters. The van der Waals surface area contributed by atoms with E-state index in [2.05, 4.69) is 0 Å². The maximum atomic E-state index is 13.0. The molecule has 0 fully saturated rings. The smallest absolute Gasteiger partial charge is 0.153 e. The highest BCUT2D eigenvalue weighted by Crippen LogP contribution is 2.18. The van der Waals surface area contributed by atoms with Crippen LogP contribution in [0.2, 0.25) is 5.02 Å². The molecule has 0 saturated heterocycles. The Morgan fingerprint density at radius 2 is 2.28 bits per heavy atom. The number of nitrogens with two attached hydrogens (primary N) is 1. The van der Waals surface area contributed by atoms with Crippen LogP contribution in [0, 0.1) is 5.82 Å². The lowest BCUT2D eigenvalue weighted by Gasteiger charge is -2.11. The first-order chi connectivity index (χ1) is 8.54. The zero-order chi connectivity index (χ0) is 13.5. The Morgan fingerprint density at radius 1 is 1.56 bits per heavy atom. The third-order valence-corrected chi connectivity index (χ3v) is 3.02. The molecule has 5 heteroatoms. The lowest BCUT2D eigenvalue weighted by Crippen LogP contribution is -2.32. The normalized spacial score (nSPS) is 12.4. The molecule has 0 spiro atoms. The van der Waals surface area contributed by atoms with Gasteiger partial charge in [0, 0.05) is 25.2 Å². The van der Waals surface area contributed by atoms with Gasteiger partial charge >= 0.3 is 0 Å². The first kappa shape index (κ1) is 15.1. The summed E-state index contributed by atoms with van der Waals surface area (Å²) in [4.78, 5) is 11.8. The summed E-state index contributed by atoms with van der Waals surface area (Å²) in [6.45, 7) is 0.571. The summed E-state index contributed by atoms with van der Waals surface area (Å²) < 4.78 is 17.9. The van der Waals surface area contributed by atoms with Gasteiger partial charge in [0.15, 0.2) is 5.78 Å². The van der Waals surface area contributed by atoms with Crippen molar-refractivity contribution in [1.82, 2.24) is 0 Å². The fourth-order valence-corrected chi connectivity index (χ4v) is 1.79. The van der Waals surface area contributed by atoms with Crippen LogP contribution in [0.5, 0.6) is 0 Å². The molecule has 0 aliphatic heterocycles. The lowest BCUT2D eigenvalue weighted by atomic mass is 10.0. The predicted molar refractivity (Wildman–Crippen MR) is 69.2 cm³/mol. The van der Waals surface area contributed by atoms with Crippen molar-refractivity contribution >= 4 is 17.4 Å². The maximum absolute atomic E-state index is 13.0. The largest absolute Gasteiger partial charge is 0.385 e. The first-order valence-electron chi connectivity index (χ1n) is 5.75. The Balaban J connectivity index is 2.55. The monoisotopic (exact) mass is 273 g/mol. The fraction of sp³-hybridized carbons (Fsp3) is 0.462. The Hall–Kier alpha value is -0.970. The van der Waals surface area contributed by atoms with E-state index in [4.69, 9.17) is 22.1 Å². The Labute approximate surface area is 111 Å². The van der Waals surface area contributed by atoms with Crippen LogP contribution in [-0.4, -0.2) is 25.5 Å². The van der Waals surface area contributed by atoms with E-state index in [9.17, 15) is 9.18 Å². The second kappa shape index (κ2) is 7.46. The SMILES string of the molecule is COCCCC(N)C(=O)Cc1cc(F)ccc1Cl. The number of hydrogen-bond donors (Lipinski definition) is 1. The molecule has 18 heavy (non-hydrogen) atoms. The average molecular weight is 274 g/mol. The van der Waals surface area contributed by atoms with Crippen molar-refractivity contribution in [1.29, 1.82) is 0 Å². The molecule has 1 aromatic rings. The molecule has 0 aliphatic carbocycles. The van der Waals surface area contributed by atoms with Gasteiger partial charge in [-0.05, 0) is 36.6 Å². The number of carbonyl (C=O) groups excluding carboxylic acids is 1. The van der Waals surface area contributed by atoms with Gasteiger partial charge in [0.25, 0.3) is 0 Å². The molecule has 0 aliphatic rings. The standard InChI is InChI=1S/C13H17ClFNO2/c1-18-6-2-3-12(16)13(17)8-9-7-10(15)4-5-11(9)14/h4-5,7,12H,2-3,6,8,16H2,1H3. The summed E-state index contributed by atoms with van der Waals surface area (Å²) in [6, 6.07) is 3.41. The summed E-state index contributed by atoms with van der Waals surface area (Å²) >= 11 is 5.89. The van der Waals surface area contributed by atoms with Gasteiger partial charge in [-0.1, -0.05) is 11.6 Å². The molecule has 100 valence electrons. The van der Waals surface area contributed by atoms with Crippen molar-refractivity contribution in [2.24, 2.45) is 5.73 Å². The lowest BCUT2D eigenvalue weighted by molar-refractivity contribution is -0.119. The van der Waals surface area contributed by atoms with Crippen molar-refractivity contribution < 1.29 is 13.9 Å². The number of hydrogen-bond acceptors (Lipinski definition) is 3. The van der Waals surface area contributed by atoms with E-state index in [1.54, 1.807) is 7.11 Å². The molecule has 1 atom stereocenters. The summed E-state index contributed by atoms with van der Waals surface area (Å²) in [6.07, 6.45) is 1.34. The highest BCUT2D eigenvalue weighted by Gasteiger charge is 2.15. The van der Waals surface area contributed by atoms with Crippen molar-refractivity contribution in [3.8, 4) is 0 Å². The summed E-state index contributed by atoms with van der Waals surface area (Å²) in [5.41, 5.74) is 6.23. The number of ether oxygens (including phenoxy) is 1. The second-order valence-electron chi connectivity index (χ2n) is 4.12. The summed E-state index contributed by atoms with van der Waals surface area (Å²) in [5, 5.41) is 0.383. The minimum absolute atomic E-state index is 0.0603. The van der Waals surface area contributed by atoms with Crippen LogP contribution in [-0.2, 0) is 16.0 Å². The molecule has 1 rings (SSSR count). The van der Waals surface area contributed by atoms with Crippen LogP contribution < -0.4 is 5.73 Å². The molecular weight excluding hydrogens is 257 g/mol. The Kier molecular flexibility index (Phi) is 6.25. The number of methoxy groups -OCH3 is 1. The van der Waals surface area contributed by atoms with E-state index >= 15 is 0 Å². The number of rotatable bonds is 7. The zero-order valence-corrected chi connectivity index (χ0v) is 11.0. The van der Waals surface area contributed by atoms with Crippen molar-refractivity contribution in [2.75, 3.05) is 13.7 Å². The number of benzene rings is 1. The van der Waals surface area contributed by atoms with E-state index in [0.717, 1.165) is 6.42 Å². The van der Waals surface area contributed by atoms with Gasteiger partial charge in [-0.3, -0.25) is 4.79 Å². The minimum Gasteiger partial charge on any atom is -0.385 e. The van der Waals surface area contributed by atoms with Crippen molar-refractivity contribution in [3.05, 3.63) is 34.6 Å². The Bertz CT molecular complexity index is 412. The van der Waals surface area contributed by atoms with E-state index in [0.29, 0.717) is 23.6 Å².